The lowest BCUT2D eigenvalue weighted by Crippen LogP contribution is -2.49. The van der Waals surface area contributed by atoms with Crippen LogP contribution in [0.15, 0.2) is 54.7 Å². The summed E-state index contributed by atoms with van der Waals surface area (Å²) in [4.78, 5) is 15.3. The third-order valence-electron chi connectivity index (χ3n) is 6.12. The number of halogens is 2. The van der Waals surface area contributed by atoms with Gasteiger partial charge in [0.15, 0.2) is 0 Å². The fourth-order valence-electron chi connectivity index (χ4n) is 4.54. The van der Waals surface area contributed by atoms with E-state index in [-0.39, 0.29) is 31.4 Å². The minimum absolute atomic E-state index is 0.134. The molecule has 1 aliphatic carbocycles. The second-order valence-corrected chi connectivity index (χ2v) is 9.29. The maximum absolute atomic E-state index is 14.3. The van der Waals surface area contributed by atoms with Crippen molar-refractivity contribution >= 4 is 11.7 Å². The number of anilines is 1. The summed E-state index contributed by atoms with van der Waals surface area (Å²) < 4.78 is 28.1. The Morgan fingerprint density at radius 2 is 2.03 bits per heavy atom. The first kappa shape index (κ1) is 23.7. The Morgan fingerprint density at radius 3 is 2.68 bits per heavy atom. The summed E-state index contributed by atoms with van der Waals surface area (Å²) in [7, 11) is 0. The van der Waals surface area contributed by atoms with E-state index in [1.54, 1.807) is 19.1 Å². The number of pyridine rings is 1. The fourth-order valence-corrected chi connectivity index (χ4v) is 4.54. The standard InChI is InChI=1S/C25H27F2N5O2/c1-24(34,14-21(28)33)11-16-4-2-5-17(10-16)20-7-8-22(32-31-20)30-15-25(12-18(26)13-25)23-19(27)6-3-9-29-23/h2-10,18,34H,11-15H2,1H3,(H2,28,33)(H,30,32). The third-order valence-corrected chi connectivity index (χ3v) is 6.12. The van der Waals surface area contributed by atoms with Crippen molar-refractivity contribution < 1.29 is 18.7 Å². The fraction of sp³-hybridized carbons (Fsp3) is 0.360. The van der Waals surface area contributed by atoms with Crippen molar-refractivity contribution in [2.24, 2.45) is 5.73 Å². The number of primary amides is 1. The summed E-state index contributed by atoms with van der Waals surface area (Å²) in [6.07, 6.45) is 1.06. The number of amides is 1. The van der Waals surface area contributed by atoms with E-state index in [1.165, 1.54) is 18.3 Å². The molecule has 1 saturated carbocycles. The van der Waals surface area contributed by atoms with Gasteiger partial charge in [0.2, 0.25) is 5.91 Å². The highest BCUT2D eigenvalue weighted by Gasteiger charge is 2.48. The van der Waals surface area contributed by atoms with Gasteiger partial charge in [-0.25, -0.2) is 8.78 Å². The van der Waals surface area contributed by atoms with Crippen LogP contribution in [0.5, 0.6) is 0 Å². The average Bonchev–Trinajstić information content (AvgIpc) is 2.75. The Morgan fingerprint density at radius 1 is 1.24 bits per heavy atom. The number of rotatable bonds is 9. The molecule has 4 N–H and O–H groups in total. The molecule has 3 aromatic rings. The number of nitrogens with zero attached hydrogens (tertiary/aromatic N) is 3. The van der Waals surface area contributed by atoms with Crippen LogP contribution < -0.4 is 11.1 Å². The second kappa shape index (κ2) is 9.42. The predicted molar refractivity (Wildman–Crippen MR) is 124 cm³/mol. The average molecular weight is 468 g/mol. The molecule has 9 heteroatoms. The molecule has 0 radical (unpaired) electrons. The number of nitrogens with two attached hydrogens (primary N) is 1. The quantitative estimate of drug-likeness (QED) is 0.445. The Labute approximate surface area is 196 Å². The molecule has 0 aliphatic heterocycles. The van der Waals surface area contributed by atoms with Crippen molar-refractivity contribution in [2.75, 3.05) is 11.9 Å². The van der Waals surface area contributed by atoms with E-state index >= 15 is 0 Å². The summed E-state index contributed by atoms with van der Waals surface area (Å²) in [6, 6.07) is 13.9. The van der Waals surface area contributed by atoms with Gasteiger partial charge in [-0.1, -0.05) is 18.2 Å². The molecule has 4 rings (SSSR count). The zero-order valence-corrected chi connectivity index (χ0v) is 18.8. The maximum Gasteiger partial charge on any atom is 0.220 e. The molecular weight excluding hydrogens is 440 g/mol. The third kappa shape index (κ3) is 5.36. The molecule has 178 valence electrons. The van der Waals surface area contributed by atoms with Gasteiger partial charge < -0.3 is 16.2 Å². The zero-order valence-electron chi connectivity index (χ0n) is 18.8. The van der Waals surface area contributed by atoms with E-state index in [0.717, 1.165) is 11.1 Å². The van der Waals surface area contributed by atoms with Crippen LogP contribution in [0.25, 0.3) is 11.3 Å². The number of carbonyl (C=O) groups is 1. The van der Waals surface area contributed by atoms with E-state index in [4.69, 9.17) is 5.73 Å². The van der Waals surface area contributed by atoms with Crippen molar-refractivity contribution in [3.05, 3.63) is 71.8 Å². The molecule has 2 aromatic heterocycles. The smallest absolute Gasteiger partial charge is 0.220 e. The van der Waals surface area contributed by atoms with E-state index in [2.05, 4.69) is 20.5 Å². The van der Waals surface area contributed by atoms with Crippen LogP contribution in [-0.2, 0) is 16.6 Å². The SMILES string of the molecule is CC(O)(CC(N)=O)Cc1cccc(-c2ccc(NCC3(c4ncccc4F)CC(F)C3)nn2)c1. The molecule has 1 aliphatic rings. The number of hydrogen-bond acceptors (Lipinski definition) is 6. The first-order chi connectivity index (χ1) is 16.2. The first-order valence-electron chi connectivity index (χ1n) is 11.1. The molecule has 34 heavy (non-hydrogen) atoms. The number of aromatic nitrogens is 3. The molecule has 7 nitrogen and oxygen atoms in total. The van der Waals surface area contributed by atoms with Gasteiger partial charge in [0.25, 0.3) is 0 Å². The van der Waals surface area contributed by atoms with Crippen LogP contribution in [0.3, 0.4) is 0 Å². The minimum atomic E-state index is -1.24. The highest BCUT2D eigenvalue weighted by atomic mass is 19.1. The second-order valence-electron chi connectivity index (χ2n) is 9.29. The topological polar surface area (TPSA) is 114 Å². The molecule has 0 saturated heterocycles. The number of nitrogens with one attached hydrogen (secondary N) is 1. The molecule has 1 amide bonds. The van der Waals surface area contributed by atoms with E-state index < -0.39 is 28.9 Å². The number of alkyl halides is 1. The van der Waals surface area contributed by atoms with Gasteiger partial charge in [-0.2, -0.15) is 0 Å². The Balaban J connectivity index is 1.45. The largest absolute Gasteiger partial charge is 0.389 e. The van der Waals surface area contributed by atoms with Crippen LogP contribution in [0.1, 0.15) is 37.4 Å². The Hall–Kier alpha value is -3.46. The first-order valence-corrected chi connectivity index (χ1v) is 11.1. The van der Waals surface area contributed by atoms with Gasteiger partial charge in [0.1, 0.15) is 17.8 Å². The number of carbonyl (C=O) groups excluding carboxylic acids is 1. The maximum atomic E-state index is 14.3. The summed E-state index contributed by atoms with van der Waals surface area (Å²) >= 11 is 0. The van der Waals surface area contributed by atoms with Gasteiger partial charge in [-0.05, 0) is 55.7 Å². The van der Waals surface area contributed by atoms with Gasteiger partial charge in [0, 0.05) is 30.1 Å². The van der Waals surface area contributed by atoms with Crippen molar-refractivity contribution in [1.29, 1.82) is 0 Å². The van der Waals surface area contributed by atoms with Crippen molar-refractivity contribution in [3.63, 3.8) is 0 Å². The van der Waals surface area contributed by atoms with E-state index in [1.807, 2.05) is 24.3 Å². The summed E-state index contributed by atoms with van der Waals surface area (Å²) in [5.41, 5.74) is 5.78. The normalized spacial score (nSPS) is 21.4. The lowest BCUT2D eigenvalue weighted by atomic mass is 9.65. The Bertz CT molecular complexity index is 1160. The van der Waals surface area contributed by atoms with Crippen LogP contribution in [0.2, 0.25) is 0 Å². The van der Waals surface area contributed by atoms with Gasteiger partial charge in [-0.3, -0.25) is 9.78 Å². The van der Waals surface area contributed by atoms with E-state index in [9.17, 15) is 18.7 Å². The molecule has 0 spiro atoms. The van der Waals surface area contributed by atoms with Crippen LogP contribution in [0.4, 0.5) is 14.6 Å². The predicted octanol–water partition coefficient (Wildman–Crippen LogP) is 3.33. The molecule has 0 bridgehead atoms. The lowest BCUT2D eigenvalue weighted by Gasteiger charge is -2.44. The van der Waals surface area contributed by atoms with Gasteiger partial charge >= 0.3 is 0 Å². The monoisotopic (exact) mass is 467 g/mol. The van der Waals surface area contributed by atoms with Crippen molar-refractivity contribution in [2.45, 2.75) is 49.8 Å². The summed E-state index contributed by atoms with van der Waals surface area (Å²) in [6.45, 7) is 1.86. The molecule has 1 atom stereocenters. The summed E-state index contributed by atoms with van der Waals surface area (Å²) in [5.74, 6) is -0.513. The molecule has 1 fully saturated rings. The van der Waals surface area contributed by atoms with Gasteiger partial charge in [-0.15, -0.1) is 10.2 Å². The molecular formula is C25H27F2N5O2. The molecule has 1 aromatic carbocycles. The highest BCUT2D eigenvalue weighted by molar-refractivity contribution is 5.75. The lowest BCUT2D eigenvalue weighted by molar-refractivity contribution is -0.122. The molecule has 1 unspecified atom stereocenters. The highest BCUT2D eigenvalue weighted by Crippen LogP contribution is 2.45. The van der Waals surface area contributed by atoms with Crippen molar-refractivity contribution in [1.82, 2.24) is 15.2 Å². The van der Waals surface area contributed by atoms with Crippen LogP contribution in [-0.4, -0.2) is 44.5 Å². The Kier molecular flexibility index (Phi) is 6.56. The minimum Gasteiger partial charge on any atom is -0.389 e. The van der Waals surface area contributed by atoms with Gasteiger partial charge in [0.05, 0.1) is 23.4 Å². The summed E-state index contributed by atoms with van der Waals surface area (Å²) in [5, 5.41) is 22.1. The number of aliphatic hydroxyl groups is 1. The zero-order chi connectivity index (χ0) is 24.3. The van der Waals surface area contributed by atoms with Crippen molar-refractivity contribution in [3.8, 4) is 11.3 Å². The molecule has 2 heterocycles. The van der Waals surface area contributed by atoms with E-state index in [0.29, 0.717) is 18.1 Å². The number of benzene rings is 1. The van der Waals surface area contributed by atoms with Crippen LogP contribution in [0, 0.1) is 5.82 Å². The number of hydrogen-bond donors (Lipinski definition) is 3. The van der Waals surface area contributed by atoms with Crippen LogP contribution >= 0.6 is 0 Å².